The third-order valence-electron chi connectivity index (χ3n) is 4.61. The lowest BCUT2D eigenvalue weighted by atomic mass is 10.0. The van der Waals surface area contributed by atoms with Crippen molar-refractivity contribution in [1.82, 2.24) is 9.88 Å². The Kier molecular flexibility index (Phi) is 4.78. The number of aliphatic hydroxyl groups is 1. The Bertz CT molecular complexity index is 762. The molecular weight excluding hydrogens is 328 g/mol. The van der Waals surface area contributed by atoms with E-state index in [-0.39, 0.29) is 18.0 Å². The molecule has 132 valence electrons. The summed E-state index contributed by atoms with van der Waals surface area (Å²) in [7, 11) is 0. The van der Waals surface area contributed by atoms with Crippen LogP contribution in [-0.4, -0.2) is 39.6 Å². The van der Waals surface area contributed by atoms with Gasteiger partial charge < -0.3 is 10.8 Å². The maximum absolute atomic E-state index is 13.9. The molecule has 5 nitrogen and oxygen atoms in total. The van der Waals surface area contributed by atoms with Crippen LogP contribution in [0.2, 0.25) is 0 Å². The highest BCUT2D eigenvalue weighted by Crippen LogP contribution is 2.30. The molecule has 1 saturated heterocycles. The van der Waals surface area contributed by atoms with E-state index in [0.29, 0.717) is 17.8 Å². The molecule has 0 spiro atoms. The fourth-order valence-corrected chi connectivity index (χ4v) is 3.29. The summed E-state index contributed by atoms with van der Waals surface area (Å²) in [6, 6.07) is 6.11. The highest BCUT2D eigenvalue weighted by Gasteiger charge is 2.38. The van der Waals surface area contributed by atoms with Gasteiger partial charge in [0.25, 0.3) is 0 Å². The number of nitrogens with zero attached hydrogens (tertiary/aromatic N) is 2. The standard InChI is InChI=1S/C18H19F2N3O2/c1-10(23-9-12(24)7-16(23)18(21)25)15-6-5-11(8-22-15)17-13(19)3-2-4-14(17)20/h2-6,8,10,12,16,24H,7,9H2,1H3,(H2,21,25)/t10-,12?,16?/m0/s1. The van der Waals surface area contributed by atoms with Crippen LogP contribution in [0.3, 0.4) is 0 Å². The van der Waals surface area contributed by atoms with Crippen molar-refractivity contribution in [3.63, 3.8) is 0 Å². The van der Waals surface area contributed by atoms with Crippen LogP contribution in [0, 0.1) is 11.6 Å². The largest absolute Gasteiger partial charge is 0.392 e. The second kappa shape index (κ2) is 6.85. The summed E-state index contributed by atoms with van der Waals surface area (Å²) in [4.78, 5) is 17.7. The lowest BCUT2D eigenvalue weighted by molar-refractivity contribution is -0.123. The van der Waals surface area contributed by atoms with Crippen LogP contribution in [0.25, 0.3) is 11.1 Å². The first kappa shape index (κ1) is 17.4. The second-order valence-electron chi connectivity index (χ2n) is 6.25. The molecule has 3 atom stereocenters. The van der Waals surface area contributed by atoms with Crippen molar-refractivity contribution in [2.75, 3.05) is 6.54 Å². The highest BCUT2D eigenvalue weighted by atomic mass is 19.1. The number of aliphatic hydroxyl groups excluding tert-OH is 1. The minimum atomic E-state index is -0.654. The molecule has 2 aromatic rings. The molecule has 7 heteroatoms. The van der Waals surface area contributed by atoms with Gasteiger partial charge in [-0.1, -0.05) is 12.1 Å². The van der Waals surface area contributed by atoms with Crippen molar-refractivity contribution in [2.45, 2.75) is 31.5 Å². The second-order valence-corrected chi connectivity index (χ2v) is 6.25. The van der Waals surface area contributed by atoms with Gasteiger partial charge in [-0.05, 0) is 31.5 Å². The van der Waals surface area contributed by atoms with Crippen molar-refractivity contribution < 1.29 is 18.7 Å². The number of benzene rings is 1. The van der Waals surface area contributed by atoms with E-state index >= 15 is 0 Å². The van der Waals surface area contributed by atoms with Crippen LogP contribution in [0.15, 0.2) is 36.5 Å². The molecule has 25 heavy (non-hydrogen) atoms. The first-order chi connectivity index (χ1) is 11.9. The zero-order valence-electron chi connectivity index (χ0n) is 13.7. The Morgan fingerprint density at radius 3 is 2.56 bits per heavy atom. The number of halogens is 2. The van der Waals surface area contributed by atoms with Gasteiger partial charge >= 0.3 is 0 Å². The van der Waals surface area contributed by atoms with E-state index in [2.05, 4.69) is 4.98 Å². The Labute approximate surface area is 144 Å². The molecule has 2 heterocycles. The van der Waals surface area contributed by atoms with Crippen molar-refractivity contribution in [2.24, 2.45) is 5.73 Å². The van der Waals surface area contributed by atoms with Crippen LogP contribution in [0.5, 0.6) is 0 Å². The van der Waals surface area contributed by atoms with E-state index < -0.39 is 29.7 Å². The van der Waals surface area contributed by atoms with Gasteiger partial charge in [0.1, 0.15) is 11.6 Å². The number of carbonyl (C=O) groups is 1. The minimum Gasteiger partial charge on any atom is -0.392 e. The predicted octanol–water partition coefficient (Wildman–Crippen LogP) is 2.01. The summed E-state index contributed by atoms with van der Waals surface area (Å²) in [6.07, 6.45) is 1.07. The summed E-state index contributed by atoms with van der Waals surface area (Å²) < 4.78 is 27.7. The number of primary amides is 1. The van der Waals surface area contributed by atoms with E-state index in [1.54, 1.807) is 17.0 Å². The van der Waals surface area contributed by atoms with Crippen molar-refractivity contribution in [3.8, 4) is 11.1 Å². The van der Waals surface area contributed by atoms with Crippen molar-refractivity contribution in [3.05, 3.63) is 53.9 Å². The highest BCUT2D eigenvalue weighted by molar-refractivity contribution is 5.80. The van der Waals surface area contributed by atoms with Crippen molar-refractivity contribution in [1.29, 1.82) is 0 Å². The van der Waals surface area contributed by atoms with Gasteiger partial charge in [-0.2, -0.15) is 0 Å². The number of rotatable bonds is 4. The SMILES string of the molecule is C[C@@H](c1ccc(-c2c(F)cccc2F)cn1)N1CC(O)CC1C(N)=O. The number of hydrogen-bond donors (Lipinski definition) is 2. The summed E-state index contributed by atoms with van der Waals surface area (Å²) in [5.74, 6) is -1.80. The maximum Gasteiger partial charge on any atom is 0.234 e. The quantitative estimate of drug-likeness (QED) is 0.887. The smallest absolute Gasteiger partial charge is 0.234 e. The third kappa shape index (κ3) is 3.38. The van der Waals surface area contributed by atoms with Crippen LogP contribution in [0.1, 0.15) is 25.1 Å². The Morgan fingerprint density at radius 2 is 2.00 bits per heavy atom. The van der Waals surface area contributed by atoms with Crippen LogP contribution < -0.4 is 5.73 Å². The van der Waals surface area contributed by atoms with Gasteiger partial charge in [0, 0.05) is 18.3 Å². The fourth-order valence-electron chi connectivity index (χ4n) is 3.29. The average Bonchev–Trinajstić information content (AvgIpc) is 2.97. The minimum absolute atomic E-state index is 0.124. The van der Waals surface area contributed by atoms with Gasteiger partial charge in [0.15, 0.2) is 0 Å². The molecule has 0 aliphatic carbocycles. The Morgan fingerprint density at radius 1 is 1.32 bits per heavy atom. The van der Waals surface area contributed by atoms with E-state index in [1.807, 2.05) is 6.92 Å². The average molecular weight is 347 g/mol. The van der Waals surface area contributed by atoms with Crippen LogP contribution >= 0.6 is 0 Å². The number of carbonyl (C=O) groups excluding carboxylic acids is 1. The first-order valence-electron chi connectivity index (χ1n) is 8.02. The molecule has 1 aliphatic rings. The topological polar surface area (TPSA) is 79.4 Å². The Balaban J connectivity index is 1.86. The summed E-state index contributed by atoms with van der Waals surface area (Å²) in [6.45, 7) is 2.17. The van der Waals surface area contributed by atoms with Crippen LogP contribution in [-0.2, 0) is 4.79 Å². The summed E-state index contributed by atoms with van der Waals surface area (Å²) in [5.41, 5.74) is 6.24. The number of likely N-dealkylation sites (tertiary alicyclic amines) is 1. The van der Waals surface area contributed by atoms with Gasteiger partial charge in [0.2, 0.25) is 5.91 Å². The van der Waals surface area contributed by atoms with Gasteiger partial charge in [-0.25, -0.2) is 8.78 Å². The van der Waals surface area contributed by atoms with Crippen molar-refractivity contribution >= 4 is 5.91 Å². The molecule has 3 rings (SSSR count). The first-order valence-corrected chi connectivity index (χ1v) is 8.02. The van der Waals surface area contributed by atoms with E-state index in [1.165, 1.54) is 24.4 Å². The van der Waals surface area contributed by atoms with Gasteiger partial charge in [-0.15, -0.1) is 0 Å². The number of amides is 1. The number of aromatic nitrogens is 1. The molecule has 2 unspecified atom stereocenters. The van der Waals surface area contributed by atoms with Gasteiger partial charge in [0.05, 0.1) is 29.4 Å². The zero-order valence-corrected chi connectivity index (χ0v) is 13.7. The molecule has 1 aromatic carbocycles. The third-order valence-corrected chi connectivity index (χ3v) is 4.61. The number of hydrogen-bond acceptors (Lipinski definition) is 4. The molecule has 0 bridgehead atoms. The fraction of sp³-hybridized carbons (Fsp3) is 0.333. The number of β-amino-alcohol motifs (C(OH)–C–C–N with tert-alkyl or cyclic N) is 1. The van der Waals surface area contributed by atoms with Gasteiger partial charge in [-0.3, -0.25) is 14.7 Å². The molecule has 1 aliphatic heterocycles. The van der Waals surface area contributed by atoms with E-state index in [4.69, 9.17) is 5.73 Å². The molecule has 0 saturated carbocycles. The summed E-state index contributed by atoms with van der Waals surface area (Å²) >= 11 is 0. The zero-order chi connectivity index (χ0) is 18.1. The molecular formula is C18H19F2N3O2. The molecule has 0 radical (unpaired) electrons. The van der Waals surface area contributed by atoms with E-state index in [9.17, 15) is 18.7 Å². The van der Waals surface area contributed by atoms with Crippen LogP contribution in [0.4, 0.5) is 8.78 Å². The normalized spacial score (nSPS) is 22.1. The lowest BCUT2D eigenvalue weighted by Crippen LogP contribution is -2.41. The lowest BCUT2D eigenvalue weighted by Gasteiger charge is -2.28. The molecule has 1 amide bonds. The monoisotopic (exact) mass is 347 g/mol. The maximum atomic E-state index is 13.9. The Hall–Kier alpha value is -2.38. The predicted molar refractivity (Wildman–Crippen MR) is 88.3 cm³/mol. The molecule has 1 fully saturated rings. The summed E-state index contributed by atoms with van der Waals surface area (Å²) in [5, 5.41) is 9.82. The number of nitrogens with two attached hydrogens (primary N) is 1. The molecule has 1 aromatic heterocycles. The molecule has 3 N–H and O–H groups in total. The number of pyridine rings is 1. The van der Waals surface area contributed by atoms with E-state index in [0.717, 1.165) is 0 Å².